The van der Waals surface area contributed by atoms with E-state index < -0.39 is 12.1 Å². The Morgan fingerprint density at radius 2 is 1.88 bits per heavy atom. The number of carbonyl (C=O) groups excluding carboxylic acids is 2. The maximum Gasteiger partial charge on any atom is 0.410 e. The van der Waals surface area contributed by atoms with Crippen molar-refractivity contribution >= 4 is 33.7 Å². The molecule has 0 spiro atoms. The Balaban J connectivity index is 2.01. The van der Waals surface area contributed by atoms with Crippen LogP contribution < -0.4 is 5.32 Å². The fraction of sp³-hybridized carbons (Fsp3) is 0.444. The lowest BCUT2D eigenvalue weighted by Crippen LogP contribution is -2.45. The summed E-state index contributed by atoms with van der Waals surface area (Å²) in [7, 11) is 1.60. The number of nitrogens with one attached hydrogen (secondary N) is 1. The third-order valence-electron chi connectivity index (χ3n) is 5.62. The van der Waals surface area contributed by atoms with E-state index in [1.54, 1.807) is 7.05 Å². The van der Waals surface area contributed by atoms with Crippen LogP contribution in [0.4, 0.5) is 10.6 Å². The van der Waals surface area contributed by atoms with E-state index in [1.165, 1.54) is 4.90 Å². The number of ether oxygens (including phenoxy) is 1. The normalized spacial score (nSPS) is 11.5. The fourth-order valence-electron chi connectivity index (χ4n) is 3.65. The second kappa shape index (κ2) is 15.3. The van der Waals surface area contributed by atoms with Crippen LogP contribution in [0.5, 0.6) is 0 Å². The molecule has 0 saturated carbocycles. The average Bonchev–Trinajstić information content (AvgIpc) is 2.84. The summed E-state index contributed by atoms with van der Waals surface area (Å²) in [5.74, 6) is 0.275. The molecule has 34 heavy (non-hydrogen) atoms. The number of halogens is 1. The number of allylic oxidation sites excluding steroid dienone is 1. The number of amides is 2. The number of pyridine rings is 1. The molecule has 0 aliphatic rings. The zero-order valence-corrected chi connectivity index (χ0v) is 21.9. The Kier molecular flexibility index (Phi) is 12.4. The minimum absolute atomic E-state index is 0.161. The van der Waals surface area contributed by atoms with Crippen LogP contribution in [0.3, 0.4) is 0 Å². The summed E-state index contributed by atoms with van der Waals surface area (Å²) >= 11 is 3.40. The highest BCUT2D eigenvalue weighted by Crippen LogP contribution is 2.21. The van der Waals surface area contributed by atoms with Gasteiger partial charge in [0.05, 0.1) is 0 Å². The molecule has 1 aromatic carbocycles. The van der Waals surface area contributed by atoms with Gasteiger partial charge in [0.25, 0.3) is 0 Å². The van der Waals surface area contributed by atoms with Crippen LogP contribution in [0.15, 0.2) is 59.7 Å². The molecule has 0 aliphatic heterocycles. The number of carbonyl (C=O) groups is 2. The molecule has 1 aromatic heterocycles. The lowest BCUT2D eigenvalue weighted by Gasteiger charge is -2.26. The molecule has 0 radical (unpaired) electrons. The molecule has 2 rings (SSSR count). The lowest BCUT2D eigenvalue weighted by atomic mass is 10.1. The largest absolute Gasteiger partial charge is 0.445 e. The summed E-state index contributed by atoms with van der Waals surface area (Å²) < 4.78 is 6.08. The van der Waals surface area contributed by atoms with Gasteiger partial charge in [-0.2, -0.15) is 0 Å². The number of likely N-dealkylation sites (N-methyl/N-ethyl adjacent to an activating group) is 1. The first-order chi connectivity index (χ1) is 16.5. The minimum atomic E-state index is -0.652. The summed E-state index contributed by atoms with van der Waals surface area (Å²) in [4.78, 5) is 31.7. The van der Waals surface area contributed by atoms with Gasteiger partial charge in [0.2, 0.25) is 5.91 Å². The number of benzene rings is 1. The SMILES string of the molecule is C=CCCCCCCc1ccc(Br)nc1NC(=O)C(CCC)N(C)C(=O)OCc1ccccc1. The van der Waals surface area contributed by atoms with Gasteiger partial charge in [-0.25, -0.2) is 9.78 Å². The molecule has 184 valence electrons. The van der Waals surface area contributed by atoms with Crippen LogP contribution in [0, 0.1) is 0 Å². The number of anilines is 1. The predicted octanol–water partition coefficient (Wildman–Crippen LogP) is 6.90. The minimum Gasteiger partial charge on any atom is -0.445 e. The molecule has 7 heteroatoms. The Morgan fingerprint density at radius 3 is 2.59 bits per heavy atom. The van der Waals surface area contributed by atoms with E-state index in [2.05, 4.69) is 32.8 Å². The highest BCUT2D eigenvalue weighted by molar-refractivity contribution is 9.10. The number of aromatic nitrogens is 1. The zero-order valence-electron chi connectivity index (χ0n) is 20.3. The van der Waals surface area contributed by atoms with E-state index in [0.717, 1.165) is 56.1 Å². The Hall–Kier alpha value is -2.67. The van der Waals surface area contributed by atoms with Crippen molar-refractivity contribution in [3.63, 3.8) is 0 Å². The summed E-state index contributed by atoms with van der Waals surface area (Å²) in [6.07, 6.45) is 9.02. The Bertz CT molecular complexity index is 921. The van der Waals surface area contributed by atoms with Crippen LogP contribution in [0.1, 0.15) is 63.0 Å². The predicted molar refractivity (Wildman–Crippen MR) is 141 cm³/mol. The van der Waals surface area contributed by atoms with Gasteiger partial charge in [-0.1, -0.05) is 68.7 Å². The Morgan fingerprint density at radius 1 is 1.15 bits per heavy atom. The van der Waals surface area contributed by atoms with Crippen LogP contribution in [0.2, 0.25) is 0 Å². The van der Waals surface area contributed by atoms with Crippen molar-refractivity contribution in [2.24, 2.45) is 0 Å². The molecule has 0 aliphatic carbocycles. The molecule has 0 saturated heterocycles. The Labute approximate surface area is 211 Å². The van der Waals surface area contributed by atoms with Crippen molar-refractivity contribution in [2.75, 3.05) is 12.4 Å². The molecule has 1 atom stereocenters. The molecule has 0 fully saturated rings. The second-order valence-corrected chi connectivity index (χ2v) is 9.14. The van der Waals surface area contributed by atoms with Crippen molar-refractivity contribution in [1.82, 2.24) is 9.88 Å². The number of rotatable bonds is 14. The highest BCUT2D eigenvalue weighted by atomic mass is 79.9. The third-order valence-corrected chi connectivity index (χ3v) is 6.06. The topological polar surface area (TPSA) is 71.5 Å². The number of nitrogens with zero attached hydrogens (tertiary/aromatic N) is 2. The second-order valence-electron chi connectivity index (χ2n) is 8.33. The molecule has 1 unspecified atom stereocenters. The van der Waals surface area contributed by atoms with Crippen molar-refractivity contribution < 1.29 is 14.3 Å². The average molecular weight is 531 g/mol. The molecule has 2 aromatic rings. The standard InChI is InChI=1S/C27H36BrN3O3/c1-4-6-7-8-9-13-17-22-18-19-24(28)29-25(22)30-26(32)23(14-5-2)31(3)27(33)34-20-21-15-11-10-12-16-21/h4,10-12,15-16,18-19,23H,1,5-9,13-14,17,20H2,2-3H3,(H,29,30,32). The van der Waals surface area contributed by atoms with Crippen LogP contribution in [0.25, 0.3) is 0 Å². The lowest BCUT2D eigenvalue weighted by molar-refractivity contribution is -0.120. The summed E-state index contributed by atoms with van der Waals surface area (Å²) in [5.41, 5.74) is 1.89. The van der Waals surface area contributed by atoms with Crippen molar-refractivity contribution in [2.45, 2.75) is 70.9 Å². The zero-order chi connectivity index (χ0) is 24.8. The maximum absolute atomic E-state index is 13.2. The van der Waals surface area contributed by atoms with Gasteiger partial charge in [-0.15, -0.1) is 6.58 Å². The van der Waals surface area contributed by atoms with Crippen molar-refractivity contribution in [3.05, 3.63) is 70.8 Å². The number of hydrogen-bond acceptors (Lipinski definition) is 4. The monoisotopic (exact) mass is 529 g/mol. The first-order valence-corrected chi connectivity index (χ1v) is 12.8. The van der Waals surface area contributed by atoms with E-state index >= 15 is 0 Å². The first kappa shape index (κ1) is 27.6. The summed E-state index contributed by atoms with van der Waals surface area (Å²) in [5, 5.41) is 2.96. The number of unbranched alkanes of at least 4 members (excludes halogenated alkanes) is 4. The molecular formula is C27H36BrN3O3. The van der Waals surface area contributed by atoms with Gasteiger partial charge in [0.15, 0.2) is 0 Å². The van der Waals surface area contributed by atoms with Crippen molar-refractivity contribution in [3.8, 4) is 0 Å². The fourth-order valence-corrected chi connectivity index (χ4v) is 3.96. The van der Waals surface area contributed by atoms with Crippen LogP contribution in [-0.2, 0) is 22.6 Å². The number of hydrogen-bond donors (Lipinski definition) is 1. The third kappa shape index (κ3) is 9.29. The van der Waals surface area contributed by atoms with E-state index in [-0.39, 0.29) is 12.5 Å². The quantitative estimate of drug-likeness (QED) is 0.164. The van der Waals surface area contributed by atoms with Gasteiger partial charge in [0.1, 0.15) is 23.1 Å². The van der Waals surface area contributed by atoms with E-state index in [1.807, 2.05) is 55.5 Å². The smallest absolute Gasteiger partial charge is 0.410 e. The van der Waals surface area contributed by atoms with Crippen LogP contribution >= 0.6 is 15.9 Å². The first-order valence-electron chi connectivity index (χ1n) is 12.0. The highest BCUT2D eigenvalue weighted by Gasteiger charge is 2.28. The van der Waals surface area contributed by atoms with Crippen molar-refractivity contribution in [1.29, 1.82) is 0 Å². The molecule has 0 bridgehead atoms. The van der Waals surface area contributed by atoms with Gasteiger partial charge in [-0.05, 0) is 65.2 Å². The molecule has 1 heterocycles. The van der Waals surface area contributed by atoms with Gasteiger partial charge in [0, 0.05) is 7.05 Å². The van der Waals surface area contributed by atoms with E-state index in [4.69, 9.17) is 4.74 Å². The maximum atomic E-state index is 13.2. The molecular weight excluding hydrogens is 494 g/mol. The molecule has 6 nitrogen and oxygen atoms in total. The van der Waals surface area contributed by atoms with Crippen LogP contribution in [-0.4, -0.2) is 35.0 Å². The van der Waals surface area contributed by atoms with Gasteiger partial charge < -0.3 is 10.1 Å². The summed E-state index contributed by atoms with van der Waals surface area (Å²) in [6.45, 7) is 5.91. The molecule has 1 N–H and O–H groups in total. The van der Waals surface area contributed by atoms with E-state index in [9.17, 15) is 9.59 Å². The number of aryl methyl sites for hydroxylation is 1. The molecule has 2 amide bonds. The van der Waals surface area contributed by atoms with E-state index in [0.29, 0.717) is 16.8 Å². The van der Waals surface area contributed by atoms with Gasteiger partial charge >= 0.3 is 6.09 Å². The summed E-state index contributed by atoms with van der Waals surface area (Å²) in [6, 6.07) is 12.7. The van der Waals surface area contributed by atoms with Gasteiger partial charge in [-0.3, -0.25) is 9.69 Å².